The molecule has 1 N–H and O–H groups in total. The maximum atomic E-state index is 10.3. The van der Waals surface area contributed by atoms with Crippen molar-refractivity contribution in [3.05, 3.63) is 60.4 Å². The Balaban J connectivity index is 1.73. The number of nitriles is 1. The van der Waals surface area contributed by atoms with Gasteiger partial charge in [0.1, 0.15) is 17.9 Å². The fourth-order valence-electron chi connectivity index (χ4n) is 4.13. The Morgan fingerprint density at radius 3 is 2.77 bits per heavy atom. The number of aromatic hydroxyl groups is 1. The number of benzene rings is 3. The van der Waals surface area contributed by atoms with E-state index in [0.29, 0.717) is 12.2 Å². The van der Waals surface area contributed by atoms with Crippen molar-refractivity contribution in [1.29, 1.82) is 5.26 Å². The van der Waals surface area contributed by atoms with E-state index >= 15 is 0 Å². The second kappa shape index (κ2) is 7.62. The van der Waals surface area contributed by atoms with Crippen molar-refractivity contribution < 1.29 is 9.84 Å². The third-order valence-corrected chi connectivity index (χ3v) is 5.53. The van der Waals surface area contributed by atoms with E-state index in [0.717, 1.165) is 64.7 Å². The molecule has 1 aliphatic rings. The van der Waals surface area contributed by atoms with Crippen LogP contribution in [0.4, 0.5) is 5.82 Å². The smallest absolute Gasteiger partial charge is 0.140 e. The van der Waals surface area contributed by atoms with Crippen LogP contribution in [0.15, 0.2) is 54.9 Å². The molecular formula is C24H20N4O2. The Kier molecular flexibility index (Phi) is 4.66. The normalized spacial score (nSPS) is 14.6. The van der Waals surface area contributed by atoms with Crippen molar-refractivity contribution in [1.82, 2.24) is 9.97 Å². The van der Waals surface area contributed by atoms with E-state index in [1.165, 1.54) is 0 Å². The number of phenolic OH excluding ortho intramolecular Hbond substituents is 1. The quantitative estimate of drug-likeness (QED) is 0.545. The SMILES string of the molecule is N#Cc1cc2c(N3CCCOCC3)ncnc2cc1-c1cc(O)cc2ccccc12. The Bertz CT molecular complexity index is 1290. The maximum absolute atomic E-state index is 10.3. The zero-order valence-electron chi connectivity index (χ0n) is 16.4. The number of nitrogens with zero attached hydrogens (tertiary/aromatic N) is 4. The van der Waals surface area contributed by atoms with Gasteiger partial charge in [0, 0.05) is 30.6 Å². The summed E-state index contributed by atoms with van der Waals surface area (Å²) in [6, 6.07) is 17.4. The molecule has 1 aromatic heterocycles. The van der Waals surface area contributed by atoms with E-state index in [-0.39, 0.29) is 5.75 Å². The summed E-state index contributed by atoms with van der Waals surface area (Å²) in [6.45, 7) is 3.02. The summed E-state index contributed by atoms with van der Waals surface area (Å²) in [7, 11) is 0. The van der Waals surface area contributed by atoms with Crippen molar-refractivity contribution in [2.45, 2.75) is 6.42 Å². The van der Waals surface area contributed by atoms with Crippen LogP contribution in [0.25, 0.3) is 32.8 Å². The third kappa shape index (κ3) is 3.19. The molecule has 0 spiro atoms. The summed E-state index contributed by atoms with van der Waals surface area (Å²) < 4.78 is 5.57. The molecule has 30 heavy (non-hydrogen) atoms. The Labute approximate surface area is 174 Å². The highest BCUT2D eigenvalue weighted by Crippen LogP contribution is 2.37. The van der Waals surface area contributed by atoms with Gasteiger partial charge in [-0.3, -0.25) is 0 Å². The van der Waals surface area contributed by atoms with Gasteiger partial charge in [0.25, 0.3) is 0 Å². The van der Waals surface area contributed by atoms with E-state index < -0.39 is 0 Å². The lowest BCUT2D eigenvalue weighted by atomic mass is 9.93. The number of hydrogen-bond donors (Lipinski definition) is 1. The predicted molar refractivity (Wildman–Crippen MR) is 117 cm³/mol. The lowest BCUT2D eigenvalue weighted by Gasteiger charge is -2.22. The number of anilines is 1. The maximum Gasteiger partial charge on any atom is 0.140 e. The van der Waals surface area contributed by atoms with E-state index in [1.54, 1.807) is 18.5 Å². The highest BCUT2D eigenvalue weighted by molar-refractivity contribution is 6.02. The van der Waals surface area contributed by atoms with Gasteiger partial charge in [0.15, 0.2) is 0 Å². The van der Waals surface area contributed by atoms with Crippen LogP contribution in [0.1, 0.15) is 12.0 Å². The van der Waals surface area contributed by atoms with Crippen LogP contribution < -0.4 is 4.90 Å². The lowest BCUT2D eigenvalue weighted by molar-refractivity contribution is 0.152. The molecule has 0 aliphatic carbocycles. The van der Waals surface area contributed by atoms with Gasteiger partial charge >= 0.3 is 0 Å². The standard InChI is InChI=1S/C24H20N4O2/c25-14-17-11-22-23(26-15-27-24(22)28-6-3-8-30-9-7-28)13-20(17)21-12-18(29)10-16-4-1-2-5-19(16)21/h1-2,4-5,10-13,15,29H,3,6-9H2. The monoisotopic (exact) mass is 396 g/mol. The van der Waals surface area contributed by atoms with Gasteiger partial charge in [0.2, 0.25) is 0 Å². The minimum Gasteiger partial charge on any atom is -0.508 e. The summed E-state index contributed by atoms with van der Waals surface area (Å²) in [5.41, 5.74) is 2.86. The molecule has 0 atom stereocenters. The number of rotatable bonds is 2. The van der Waals surface area contributed by atoms with Crippen molar-refractivity contribution in [3.8, 4) is 22.9 Å². The zero-order chi connectivity index (χ0) is 20.5. The number of hydrogen-bond acceptors (Lipinski definition) is 6. The molecule has 6 nitrogen and oxygen atoms in total. The third-order valence-electron chi connectivity index (χ3n) is 5.53. The van der Waals surface area contributed by atoms with Crippen molar-refractivity contribution >= 4 is 27.5 Å². The molecule has 6 heteroatoms. The van der Waals surface area contributed by atoms with Gasteiger partial charge in [-0.25, -0.2) is 9.97 Å². The van der Waals surface area contributed by atoms with Gasteiger partial charge in [-0.2, -0.15) is 5.26 Å². The number of phenols is 1. The van der Waals surface area contributed by atoms with Crippen LogP contribution in [0.3, 0.4) is 0 Å². The Morgan fingerprint density at radius 1 is 0.967 bits per heavy atom. The van der Waals surface area contributed by atoms with Crippen LogP contribution in [0.5, 0.6) is 5.75 Å². The highest BCUT2D eigenvalue weighted by Gasteiger charge is 2.18. The summed E-state index contributed by atoms with van der Waals surface area (Å²) >= 11 is 0. The fourth-order valence-corrected chi connectivity index (χ4v) is 4.13. The van der Waals surface area contributed by atoms with Crippen LogP contribution in [0, 0.1) is 11.3 Å². The van der Waals surface area contributed by atoms with Crippen LogP contribution in [0.2, 0.25) is 0 Å². The molecule has 3 aromatic carbocycles. The minimum absolute atomic E-state index is 0.167. The molecule has 1 saturated heterocycles. The summed E-state index contributed by atoms with van der Waals surface area (Å²) in [6.07, 6.45) is 2.50. The molecule has 0 bridgehead atoms. The topological polar surface area (TPSA) is 82.3 Å². The first-order chi connectivity index (χ1) is 14.7. The lowest BCUT2D eigenvalue weighted by Crippen LogP contribution is -2.27. The highest BCUT2D eigenvalue weighted by atomic mass is 16.5. The van der Waals surface area contributed by atoms with Gasteiger partial charge in [-0.1, -0.05) is 24.3 Å². The zero-order valence-corrected chi connectivity index (χ0v) is 16.4. The van der Waals surface area contributed by atoms with Gasteiger partial charge in [-0.05, 0) is 47.0 Å². The fraction of sp³-hybridized carbons (Fsp3) is 0.208. The number of fused-ring (bicyclic) bond motifs is 2. The number of aromatic nitrogens is 2. The molecule has 0 saturated carbocycles. The Hall–Kier alpha value is -3.69. The molecule has 5 rings (SSSR count). The van der Waals surface area contributed by atoms with Crippen LogP contribution in [-0.2, 0) is 4.74 Å². The number of ether oxygens (including phenoxy) is 1. The predicted octanol–water partition coefficient (Wildman–Crippen LogP) is 4.25. The summed E-state index contributed by atoms with van der Waals surface area (Å²) in [5.74, 6) is 0.995. The second-order valence-corrected chi connectivity index (χ2v) is 7.39. The molecule has 2 heterocycles. The molecule has 1 aliphatic heterocycles. The largest absolute Gasteiger partial charge is 0.508 e. The first-order valence-corrected chi connectivity index (χ1v) is 9.98. The van der Waals surface area contributed by atoms with Gasteiger partial charge < -0.3 is 14.7 Å². The summed E-state index contributed by atoms with van der Waals surface area (Å²) in [4.78, 5) is 11.2. The molecule has 1 fully saturated rings. The van der Waals surface area contributed by atoms with Crippen molar-refractivity contribution in [2.24, 2.45) is 0 Å². The molecule has 0 unspecified atom stereocenters. The Morgan fingerprint density at radius 2 is 1.87 bits per heavy atom. The molecule has 0 radical (unpaired) electrons. The van der Waals surface area contributed by atoms with E-state index in [9.17, 15) is 10.4 Å². The minimum atomic E-state index is 0.167. The van der Waals surface area contributed by atoms with Gasteiger partial charge in [0.05, 0.1) is 23.8 Å². The molecule has 148 valence electrons. The molecule has 0 amide bonds. The molecular weight excluding hydrogens is 376 g/mol. The van der Waals surface area contributed by atoms with Crippen molar-refractivity contribution in [2.75, 3.05) is 31.2 Å². The average molecular weight is 396 g/mol. The van der Waals surface area contributed by atoms with Crippen molar-refractivity contribution in [3.63, 3.8) is 0 Å². The van der Waals surface area contributed by atoms with E-state index in [1.807, 2.05) is 36.4 Å². The van der Waals surface area contributed by atoms with Crippen LogP contribution >= 0.6 is 0 Å². The molecule has 4 aromatic rings. The average Bonchev–Trinajstić information content (AvgIpc) is 3.06. The van der Waals surface area contributed by atoms with E-state index in [4.69, 9.17) is 4.74 Å². The first kappa shape index (κ1) is 18.3. The second-order valence-electron chi connectivity index (χ2n) is 7.39. The summed E-state index contributed by atoms with van der Waals surface area (Å²) in [5, 5.41) is 23.0. The van der Waals surface area contributed by atoms with Gasteiger partial charge in [-0.15, -0.1) is 0 Å². The first-order valence-electron chi connectivity index (χ1n) is 9.98. The van der Waals surface area contributed by atoms with Crippen LogP contribution in [-0.4, -0.2) is 41.4 Å². The van der Waals surface area contributed by atoms with E-state index in [2.05, 4.69) is 20.9 Å².